The van der Waals surface area contributed by atoms with Crippen molar-refractivity contribution in [3.63, 3.8) is 0 Å². The van der Waals surface area contributed by atoms with E-state index >= 15 is 0 Å². The van der Waals surface area contributed by atoms with Gasteiger partial charge in [-0.3, -0.25) is 14.9 Å². The predicted molar refractivity (Wildman–Crippen MR) is 83.5 cm³/mol. The van der Waals surface area contributed by atoms with Crippen LogP contribution in [0, 0.1) is 11.8 Å². The first-order valence-electron chi connectivity index (χ1n) is 7.78. The third-order valence-electron chi connectivity index (χ3n) is 4.32. The van der Waals surface area contributed by atoms with E-state index < -0.39 is 42.6 Å². The van der Waals surface area contributed by atoms with Crippen LogP contribution in [0.2, 0.25) is 0 Å². The topological polar surface area (TPSA) is 95.9 Å². The van der Waals surface area contributed by atoms with Crippen LogP contribution < -0.4 is 5.32 Å². The molecule has 6 nitrogen and oxygen atoms in total. The Morgan fingerprint density at radius 1 is 1.30 bits per heavy atom. The quantitative estimate of drug-likeness (QED) is 0.658. The standard InChI is InChI=1S/C17H23NO5/c1-3-23-17(22)16-14(12(21)9-19)13(10(2)20)15(18-16)11-7-5-4-6-8-11/h4-8,12-16,18-19,21H,3,9H2,1-2H3/t12-,13-,14-,15-,16-/m1/s1. The molecule has 3 N–H and O–H groups in total. The van der Waals surface area contributed by atoms with Crippen LogP contribution in [0.3, 0.4) is 0 Å². The Kier molecular flexibility index (Phi) is 5.87. The number of Topliss-reactive ketones (excluding diaryl/α,β-unsaturated/α-hetero) is 1. The Bertz CT molecular complexity index is 547. The minimum absolute atomic E-state index is 0.143. The smallest absolute Gasteiger partial charge is 0.323 e. The molecule has 1 aliphatic heterocycles. The lowest BCUT2D eigenvalue weighted by Crippen LogP contribution is -2.44. The monoisotopic (exact) mass is 321 g/mol. The maximum atomic E-state index is 12.2. The van der Waals surface area contributed by atoms with E-state index in [-0.39, 0.29) is 12.4 Å². The minimum Gasteiger partial charge on any atom is -0.465 e. The molecule has 0 bridgehead atoms. The minimum atomic E-state index is -1.18. The van der Waals surface area contributed by atoms with E-state index in [0.717, 1.165) is 5.56 Å². The van der Waals surface area contributed by atoms with Gasteiger partial charge < -0.3 is 14.9 Å². The van der Waals surface area contributed by atoms with Crippen molar-refractivity contribution in [1.82, 2.24) is 5.32 Å². The molecule has 1 heterocycles. The van der Waals surface area contributed by atoms with Crippen molar-refractivity contribution in [2.45, 2.75) is 32.0 Å². The molecular weight excluding hydrogens is 298 g/mol. The van der Waals surface area contributed by atoms with Gasteiger partial charge in [0.15, 0.2) is 0 Å². The Morgan fingerprint density at radius 3 is 2.48 bits per heavy atom. The van der Waals surface area contributed by atoms with Gasteiger partial charge in [0.05, 0.1) is 19.3 Å². The van der Waals surface area contributed by atoms with Crippen LogP contribution in [0.4, 0.5) is 0 Å². The maximum Gasteiger partial charge on any atom is 0.323 e. The molecule has 0 unspecified atom stereocenters. The van der Waals surface area contributed by atoms with Gasteiger partial charge in [-0.1, -0.05) is 30.3 Å². The maximum absolute atomic E-state index is 12.2. The fourth-order valence-electron chi connectivity index (χ4n) is 3.35. The van der Waals surface area contributed by atoms with E-state index in [9.17, 15) is 19.8 Å². The molecule has 23 heavy (non-hydrogen) atoms. The first-order valence-corrected chi connectivity index (χ1v) is 7.78. The normalized spacial score (nSPS) is 28.3. The number of hydrogen-bond acceptors (Lipinski definition) is 6. The number of carbonyl (C=O) groups is 2. The zero-order chi connectivity index (χ0) is 17.0. The number of hydrogen-bond donors (Lipinski definition) is 3. The van der Waals surface area contributed by atoms with Gasteiger partial charge in [0.1, 0.15) is 11.8 Å². The second kappa shape index (κ2) is 7.68. The molecule has 1 saturated heterocycles. The molecular formula is C17H23NO5. The van der Waals surface area contributed by atoms with E-state index in [1.807, 2.05) is 30.3 Å². The second-order valence-electron chi connectivity index (χ2n) is 5.75. The van der Waals surface area contributed by atoms with Crippen LogP contribution in [-0.4, -0.2) is 47.3 Å². The molecule has 6 heteroatoms. The number of aliphatic hydroxyl groups excluding tert-OH is 2. The average molecular weight is 321 g/mol. The summed E-state index contributed by atoms with van der Waals surface area (Å²) in [6.45, 7) is 2.82. The molecule has 126 valence electrons. The Hall–Kier alpha value is -1.76. The molecule has 0 aromatic heterocycles. The largest absolute Gasteiger partial charge is 0.465 e. The van der Waals surface area contributed by atoms with Gasteiger partial charge in [-0.05, 0) is 19.4 Å². The fourth-order valence-corrected chi connectivity index (χ4v) is 3.35. The van der Waals surface area contributed by atoms with E-state index in [1.165, 1.54) is 6.92 Å². The molecule has 1 aromatic carbocycles. The summed E-state index contributed by atoms with van der Waals surface area (Å²) in [5.41, 5.74) is 0.856. The van der Waals surface area contributed by atoms with Crippen molar-refractivity contribution in [3.05, 3.63) is 35.9 Å². The highest BCUT2D eigenvalue weighted by Gasteiger charge is 2.52. The number of ketones is 1. The molecule has 0 radical (unpaired) electrons. The summed E-state index contributed by atoms with van der Waals surface area (Å²) in [4.78, 5) is 24.4. The van der Waals surface area contributed by atoms with Crippen molar-refractivity contribution in [3.8, 4) is 0 Å². The molecule has 2 rings (SSSR count). The molecule has 1 aliphatic rings. The van der Waals surface area contributed by atoms with E-state index in [4.69, 9.17) is 4.74 Å². The number of aliphatic hydroxyl groups is 2. The van der Waals surface area contributed by atoms with Gasteiger partial charge in [-0.2, -0.15) is 0 Å². The predicted octanol–water partition coefficient (Wildman–Crippen LogP) is 0.437. The second-order valence-corrected chi connectivity index (χ2v) is 5.75. The number of benzene rings is 1. The number of nitrogens with one attached hydrogen (secondary N) is 1. The lowest BCUT2D eigenvalue weighted by Gasteiger charge is -2.26. The Labute approximate surface area is 135 Å². The van der Waals surface area contributed by atoms with Gasteiger partial charge in [0.2, 0.25) is 0 Å². The van der Waals surface area contributed by atoms with Crippen molar-refractivity contribution in [2.24, 2.45) is 11.8 Å². The van der Waals surface area contributed by atoms with E-state index in [0.29, 0.717) is 0 Å². The number of ether oxygens (including phenoxy) is 1. The van der Waals surface area contributed by atoms with Gasteiger partial charge in [0.25, 0.3) is 0 Å². The summed E-state index contributed by atoms with van der Waals surface area (Å²) >= 11 is 0. The first kappa shape index (κ1) is 17.6. The Balaban J connectivity index is 2.40. The van der Waals surface area contributed by atoms with E-state index in [1.54, 1.807) is 6.92 Å². The summed E-state index contributed by atoms with van der Waals surface area (Å²) in [6.07, 6.45) is -1.18. The fraction of sp³-hybridized carbons (Fsp3) is 0.529. The molecule has 0 saturated carbocycles. The molecule has 5 atom stereocenters. The zero-order valence-corrected chi connectivity index (χ0v) is 13.3. The summed E-state index contributed by atoms with van der Waals surface area (Å²) in [6, 6.07) is 8.05. The number of esters is 1. The molecule has 0 amide bonds. The zero-order valence-electron chi connectivity index (χ0n) is 13.3. The third-order valence-corrected chi connectivity index (χ3v) is 4.32. The molecule has 1 fully saturated rings. The van der Waals surface area contributed by atoms with Crippen molar-refractivity contribution >= 4 is 11.8 Å². The van der Waals surface area contributed by atoms with Gasteiger partial charge in [-0.25, -0.2) is 0 Å². The van der Waals surface area contributed by atoms with Gasteiger partial charge in [0, 0.05) is 17.9 Å². The van der Waals surface area contributed by atoms with Crippen LogP contribution >= 0.6 is 0 Å². The van der Waals surface area contributed by atoms with Crippen LogP contribution in [0.15, 0.2) is 30.3 Å². The average Bonchev–Trinajstić information content (AvgIpc) is 2.96. The summed E-state index contributed by atoms with van der Waals surface area (Å²) in [5, 5.41) is 22.6. The molecule has 1 aromatic rings. The summed E-state index contributed by atoms with van der Waals surface area (Å²) < 4.78 is 5.06. The van der Waals surface area contributed by atoms with Crippen LogP contribution in [0.5, 0.6) is 0 Å². The summed E-state index contributed by atoms with van der Waals surface area (Å²) in [5.74, 6) is -2.01. The Morgan fingerprint density at radius 2 is 1.96 bits per heavy atom. The number of rotatable bonds is 6. The lowest BCUT2D eigenvalue weighted by atomic mass is 9.79. The summed E-state index contributed by atoms with van der Waals surface area (Å²) in [7, 11) is 0. The van der Waals surface area contributed by atoms with Crippen LogP contribution in [0.1, 0.15) is 25.5 Å². The van der Waals surface area contributed by atoms with Gasteiger partial charge in [-0.15, -0.1) is 0 Å². The van der Waals surface area contributed by atoms with Crippen LogP contribution in [-0.2, 0) is 14.3 Å². The molecule has 0 spiro atoms. The highest BCUT2D eigenvalue weighted by atomic mass is 16.5. The van der Waals surface area contributed by atoms with Crippen molar-refractivity contribution in [1.29, 1.82) is 0 Å². The highest BCUT2D eigenvalue weighted by molar-refractivity contribution is 5.84. The third kappa shape index (κ3) is 3.60. The SMILES string of the molecule is CCOC(=O)[C@@H]1N[C@H](c2ccccc2)[C@H](C(C)=O)[C@H]1[C@H](O)CO. The highest BCUT2D eigenvalue weighted by Crippen LogP contribution is 2.40. The number of carbonyl (C=O) groups excluding carboxylic acids is 2. The van der Waals surface area contributed by atoms with Gasteiger partial charge >= 0.3 is 5.97 Å². The lowest BCUT2D eigenvalue weighted by molar-refractivity contribution is -0.148. The van der Waals surface area contributed by atoms with Crippen LogP contribution in [0.25, 0.3) is 0 Å². The van der Waals surface area contributed by atoms with E-state index in [2.05, 4.69) is 5.32 Å². The first-order chi connectivity index (χ1) is 11.0. The van der Waals surface area contributed by atoms with Crippen molar-refractivity contribution < 1.29 is 24.5 Å². The van der Waals surface area contributed by atoms with Crippen molar-refractivity contribution in [2.75, 3.05) is 13.2 Å². The molecule has 0 aliphatic carbocycles.